The maximum absolute atomic E-state index is 11.2. The fourth-order valence-electron chi connectivity index (χ4n) is 1.65. The Morgan fingerprint density at radius 2 is 2.22 bits per heavy atom. The van der Waals surface area contributed by atoms with E-state index in [0.29, 0.717) is 22.9 Å². The van der Waals surface area contributed by atoms with Gasteiger partial charge < -0.3 is 14.6 Å². The van der Waals surface area contributed by atoms with Gasteiger partial charge in [-0.3, -0.25) is 4.79 Å². The van der Waals surface area contributed by atoms with E-state index in [0.717, 1.165) is 0 Å². The molecule has 0 aromatic heterocycles. The SMILES string of the molecule is CCOC(=O)CCC(O)c1c(Cl)cccc1OC. The summed E-state index contributed by atoms with van der Waals surface area (Å²) in [5.41, 5.74) is 0.506. The molecule has 1 rings (SSSR count). The molecule has 0 heterocycles. The number of benzene rings is 1. The van der Waals surface area contributed by atoms with Crippen LogP contribution in [0.5, 0.6) is 5.75 Å². The number of hydrogen-bond donors (Lipinski definition) is 1. The molecule has 0 aliphatic carbocycles. The molecule has 0 aliphatic rings. The molecular formula is C13H17ClO4. The molecular weight excluding hydrogens is 256 g/mol. The van der Waals surface area contributed by atoms with Crippen LogP contribution in [0.15, 0.2) is 18.2 Å². The quantitative estimate of drug-likeness (QED) is 0.809. The summed E-state index contributed by atoms with van der Waals surface area (Å²) in [6, 6.07) is 5.13. The van der Waals surface area contributed by atoms with Gasteiger partial charge in [0.25, 0.3) is 0 Å². The molecule has 0 radical (unpaired) electrons. The molecule has 0 bridgehead atoms. The highest BCUT2D eigenvalue weighted by atomic mass is 35.5. The fourth-order valence-corrected chi connectivity index (χ4v) is 1.94. The van der Waals surface area contributed by atoms with E-state index in [4.69, 9.17) is 21.1 Å². The number of aliphatic hydroxyl groups is 1. The number of esters is 1. The van der Waals surface area contributed by atoms with E-state index in [1.807, 2.05) is 0 Å². The Labute approximate surface area is 111 Å². The summed E-state index contributed by atoms with van der Waals surface area (Å²) in [6.45, 7) is 2.08. The minimum Gasteiger partial charge on any atom is -0.496 e. The number of methoxy groups -OCH3 is 1. The third-order valence-electron chi connectivity index (χ3n) is 2.49. The van der Waals surface area contributed by atoms with E-state index in [2.05, 4.69) is 0 Å². The molecule has 5 heteroatoms. The van der Waals surface area contributed by atoms with Crippen molar-refractivity contribution in [3.8, 4) is 5.75 Å². The van der Waals surface area contributed by atoms with Gasteiger partial charge in [0, 0.05) is 12.0 Å². The Kier molecular flexibility index (Phi) is 5.95. The van der Waals surface area contributed by atoms with E-state index < -0.39 is 6.10 Å². The van der Waals surface area contributed by atoms with Crippen molar-refractivity contribution in [1.82, 2.24) is 0 Å². The Bertz CT molecular complexity index is 406. The molecule has 0 aliphatic heterocycles. The van der Waals surface area contributed by atoms with Gasteiger partial charge in [-0.05, 0) is 25.5 Å². The highest BCUT2D eigenvalue weighted by molar-refractivity contribution is 6.31. The van der Waals surface area contributed by atoms with Crippen LogP contribution in [0.1, 0.15) is 31.4 Å². The molecule has 1 N–H and O–H groups in total. The molecule has 0 saturated carbocycles. The van der Waals surface area contributed by atoms with Gasteiger partial charge in [-0.25, -0.2) is 0 Å². The number of ether oxygens (including phenoxy) is 2. The predicted octanol–water partition coefficient (Wildman–Crippen LogP) is 2.73. The topological polar surface area (TPSA) is 55.8 Å². The van der Waals surface area contributed by atoms with Crippen LogP contribution in [0.2, 0.25) is 5.02 Å². The van der Waals surface area contributed by atoms with Crippen LogP contribution in [0, 0.1) is 0 Å². The van der Waals surface area contributed by atoms with E-state index in [-0.39, 0.29) is 18.8 Å². The van der Waals surface area contributed by atoms with Crippen LogP contribution >= 0.6 is 11.6 Å². The van der Waals surface area contributed by atoms with Crippen molar-refractivity contribution in [1.29, 1.82) is 0 Å². The second-order valence-corrected chi connectivity index (χ2v) is 4.12. The minimum absolute atomic E-state index is 0.142. The van der Waals surface area contributed by atoms with Gasteiger partial charge in [-0.15, -0.1) is 0 Å². The summed E-state index contributed by atoms with van der Waals surface area (Å²) in [4.78, 5) is 11.2. The first-order valence-electron chi connectivity index (χ1n) is 5.76. The third-order valence-corrected chi connectivity index (χ3v) is 2.82. The Morgan fingerprint density at radius 1 is 1.50 bits per heavy atom. The lowest BCUT2D eigenvalue weighted by molar-refractivity contribution is -0.143. The van der Waals surface area contributed by atoms with E-state index in [1.165, 1.54) is 7.11 Å². The first-order valence-corrected chi connectivity index (χ1v) is 6.14. The number of carbonyl (C=O) groups is 1. The molecule has 0 saturated heterocycles. The molecule has 1 aromatic carbocycles. The molecule has 0 fully saturated rings. The summed E-state index contributed by atoms with van der Waals surface area (Å²) in [5.74, 6) is 0.182. The van der Waals surface area contributed by atoms with Crippen LogP contribution in [-0.4, -0.2) is 24.8 Å². The van der Waals surface area contributed by atoms with Gasteiger partial charge >= 0.3 is 5.97 Å². The summed E-state index contributed by atoms with van der Waals surface area (Å²) >= 11 is 6.02. The lowest BCUT2D eigenvalue weighted by atomic mass is 10.0. The predicted molar refractivity (Wildman–Crippen MR) is 68.8 cm³/mol. The average molecular weight is 273 g/mol. The lowest BCUT2D eigenvalue weighted by Gasteiger charge is -2.15. The summed E-state index contributed by atoms with van der Waals surface area (Å²) in [5, 5.41) is 10.5. The van der Waals surface area contributed by atoms with E-state index in [9.17, 15) is 9.90 Å². The van der Waals surface area contributed by atoms with E-state index >= 15 is 0 Å². The summed E-state index contributed by atoms with van der Waals surface area (Å²) < 4.78 is 9.94. The molecule has 100 valence electrons. The number of rotatable bonds is 6. The van der Waals surface area contributed by atoms with Gasteiger partial charge in [0.15, 0.2) is 0 Å². The van der Waals surface area contributed by atoms with Gasteiger partial charge in [0.2, 0.25) is 0 Å². The molecule has 1 aromatic rings. The Hall–Kier alpha value is -1.26. The number of hydrogen-bond acceptors (Lipinski definition) is 4. The van der Waals surface area contributed by atoms with Crippen LogP contribution < -0.4 is 4.74 Å². The standard InChI is InChI=1S/C13H17ClO4/c1-3-18-12(16)8-7-10(15)13-9(14)5-4-6-11(13)17-2/h4-6,10,15H,3,7-8H2,1-2H3. The van der Waals surface area contributed by atoms with Crippen molar-refractivity contribution in [2.24, 2.45) is 0 Å². The maximum atomic E-state index is 11.2. The minimum atomic E-state index is -0.849. The number of halogens is 1. The summed E-state index contributed by atoms with van der Waals surface area (Å²) in [7, 11) is 1.51. The van der Waals surface area contributed by atoms with Crippen molar-refractivity contribution in [3.05, 3.63) is 28.8 Å². The zero-order valence-electron chi connectivity index (χ0n) is 10.5. The normalized spacial score (nSPS) is 12.0. The van der Waals surface area contributed by atoms with Gasteiger partial charge in [-0.2, -0.15) is 0 Å². The van der Waals surface area contributed by atoms with Gasteiger partial charge in [0.05, 0.1) is 24.8 Å². The second-order valence-electron chi connectivity index (χ2n) is 3.72. The largest absolute Gasteiger partial charge is 0.496 e. The van der Waals surface area contributed by atoms with Crippen LogP contribution in [0.3, 0.4) is 0 Å². The van der Waals surface area contributed by atoms with Crippen molar-refractivity contribution < 1.29 is 19.4 Å². The Morgan fingerprint density at radius 3 is 2.83 bits per heavy atom. The molecule has 18 heavy (non-hydrogen) atoms. The van der Waals surface area contributed by atoms with Gasteiger partial charge in [0.1, 0.15) is 5.75 Å². The molecule has 0 amide bonds. The molecule has 1 atom stereocenters. The van der Waals surface area contributed by atoms with Crippen molar-refractivity contribution in [3.63, 3.8) is 0 Å². The number of carbonyl (C=O) groups excluding carboxylic acids is 1. The van der Waals surface area contributed by atoms with Crippen molar-refractivity contribution in [2.75, 3.05) is 13.7 Å². The zero-order valence-corrected chi connectivity index (χ0v) is 11.2. The Balaban J connectivity index is 2.72. The maximum Gasteiger partial charge on any atom is 0.305 e. The first kappa shape index (κ1) is 14.8. The van der Waals surface area contributed by atoms with Crippen LogP contribution in [0.4, 0.5) is 0 Å². The van der Waals surface area contributed by atoms with Gasteiger partial charge in [-0.1, -0.05) is 17.7 Å². The molecule has 0 spiro atoms. The zero-order chi connectivity index (χ0) is 13.5. The van der Waals surface area contributed by atoms with Crippen molar-refractivity contribution >= 4 is 17.6 Å². The molecule has 4 nitrogen and oxygen atoms in total. The van der Waals surface area contributed by atoms with Crippen LogP contribution in [-0.2, 0) is 9.53 Å². The fraction of sp³-hybridized carbons (Fsp3) is 0.462. The lowest BCUT2D eigenvalue weighted by Crippen LogP contribution is -2.08. The highest BCUT2D eigenvalue weighted by Crippen LogP contribution is 2.34. The van der Waals surface area contributed by atoms with Crippen LogP contribution in [0.25, 0.3) is 0 Å². The smallest absolute Gasteiger partial charge is 0.305 e. The third kappa shape index (κ3) is 3.89. The van der Waals surface area contributed by atoms with Crippen molar-refractivity contribution in [2.45, 2.75) is 25.9 Å². The summed E-state index contributed by atoms with van der Waals surface area (Å²) in [6.07, 6.45) is -0.458. The highest BCUT2D eigenvalue weighted by Gasteiger charge is 2.18. The monoisotopic (exact) mass is 272 g/mol. The first-order chi connectivity index (χ1) is 8.60. The number of aliphatic hydroxyl groups excluding tert-OH is 1. The average Bonchev–Trinajstić information content (AvgIpc) is 2.36. The second kappa shape index (κ2) is 7.24. The molecule has 1 unspecified atom stereocenters. The van der Waals surface area contributed by atoms with E-state index in [1.54, 1.807) is 25.1 Å².